The van der Waals surface area contributed by atoms with Crippen LogP contribution in [0.15, 0.2) is 54.6 Å². The molecule has 0 saturated carbocycles. The topological polar surface area (TPSA) is 85.4 Å². The third kappa shape index (κ3) is 4.76. The number of hydrogen-bond acceptors (Lipinski definition) is 6. The summed E-state index contributed by atoms with van der Waals surface area (Å²) in [6.07, 6.45) is 0. The number of carbonyl (C=O) groups excluding carboxylic acids is 1. The molecule has 7 nitrogen and oxygen atoms in total. The SMILES string of the molecule is COc1ccc(NC(=O)c2cc(C)nc(NCc3ccccc3)n2)cc1OC. The Balaban J connectivity index is 1.74. The predicted octanol–water partition coefficient (Wildman–Crippen LogP) is 3.67. The number of carbonyl (C=O) groups is 1. The highest BCUT2D eigenvalue weighted by atomic mass is 16.5. The van der Waals surface area contributed by atoms with Gasteiger partial charge in [-0.3, -0.25) is 4.79 Å². The molecule has 2 aromatic carbocycles. The van der Waals surface area contributed by atoms with Crippen LogP contribution in [-0.2, 0) is 6.54 Å². The molecule has 2 N–H and O–H groups in total. The lowest BCUT2D eigenvalue weighted by atomic mass is 10.2. The first-order chi connectivity index (χ1) is 13.6. The minimum absolute atomic E-state index is 0.276. The molecule has 1 heterocycles. The lowest BCUT2D eigenvalue weighted by Crippen LogP contribution is -2.16. The van der Waals surface area contributed by atoms with E-state index in [0.29, 0.717) is 35.4 Å². The van der Waals surface area contributed by atoms with Crippen molar-refractivity contribution in [3.05, 3.63) is 71.5 Å². The smallest absolute Gasteiger partial charge is 0.274 e. The second-order valence-electron chi connectivity index (χ2n) is 6.08. The summed E-state index contributed by atoms with van der Waals surface area (Å²) in [4.78, 5) is 21.3. The Morgan fingerprint density at radius 1 is 0.964 bits per heavy atom. The molecule has 0 radical (unpaired) electrons. The van der Waals surface area contributed by atoms with Gasteiger partial charge in [0, 0.05) is 24.0 Å². The van der Waals surface area contributed by atoms with E-state index in [2.05, 4.69) is 20.6 Å². The minimum Gasteiger partial charge on any atom is -0.493 e. The van der Waals surface area contributed by atoms with Crippen molar-refractivity contribution in [3.63, 3.8) is 0 Å². The molecule has 0 atom stereocenters. The van der Waals surface area contributed by atoms with Gasteiger partial charge in [-0.2, -0.15) is 0 Å². The molecule has 0 saturated heterocycles. The van der Waals surface area contributed by atoms with Gasteiger partial charge in [0.25, 0.3) is 5.91 Å². The van der Waals surface area contributed by atoms with Crippen molar-refractivity contribution in [2.75, 3.05) is 24.9 Å². The van der Waals surface area contributed by atoms with Crippen molar-refractivity contribution >= 4 is 17.5 Å². The van der Waals surface area contributed by atoms with Crippen LogP contribution in [0.4, 0.5) is 11.6 Å². The lowest BCUT2D eigenvalue weighted by Gasteiger charge is -2.11. The first kappa shape index (κ1) is 19.2. The van der Waals surface area contributed by atoms with Crippen molar-refractivity contribution in [1.82, 2.24) is 9.97 Å². The molecule has 0 aliphatic heterocycles. The normalized spacial score (nSPS) is 10.2. The molecule has 144 valence electrons. The molecule has 0 bridgehead atoms. The van der Waals surface area contributed by atoms with Crippen LogP contribution in [-0.4, -0.2) is 30.1 Å². The van der Waals surface area contributed by atoms with Crippen LogP contribution in [0, 0.1) is 6.92 Å². The van der Waals surface area contributed by atoms with Gasteiger partial charge in [-0.25, -0.2) is 9.97 Å². The lowest BCUT2D eigenvalue weighted by molar-refractivity contribution is 0.102. The zero-order valence-corrected chi connectivity index (χ0v) is 16.0. The number of rotatable bonds is 7. The van der Waals surface area contributed by atoms with Crippen LogP contribution in [0.5, 0.6) is 11.5 Å². The first-order valence-electron chi connectivity index (χ1n) is 8.76. The molecule has 3 aromatic rings. The van der Waals surface area contributed by atoms with E-state index < -0.39 is 0 Å². The molecular formula is C21H22N4O3. The van der Waals surface area contributed by atoms with E-state index in [1.807, 2.05) is 37.3 Å². The van der Waals surface area contributed by atoms with E-state index in [1.54, 1.807) is 38.5 Å². The maximum Gasteiger partial charge on any atom is 0.274 e. The van der Waals surface area contributed by atoms with Gasteiger partial charge >= 0.3 is 0 Å². The van der Waals surface area contributed by atoms with E-state index in [1.165, 1.54) is 0 Å². The molecule has 3 rings (SSSR count). The van der Waals surface area contributed by atoms with Gasteiger partial charge in [-0.1, -0.05) is 30.3 Å². The number of nitrogens with zero attached hydrogens (tertiary/aromatic N) is 2. The quantitative estimate of drug-likeness (QED) is 0.653. The number of ether oxygens (including phenoxy) is 2. The van der Waals surface area contributed by atoms with Gasteiger partial charge in [0.1, 0.15) is 5.69 Å². The number of aryl methyl sites for hydroxylation is 1. The number of methoxy groups -OCH3 is 2. The van der Waals surface area contributed by atoms with Gasteiger partial charge in [0.05, 0.1) is 14.2 Å². The standard InChI is InChI=1S/C21H22N4O3/c1-14-11-17(25-21(23-14)22-13-15-7-5-4-6-8-15)20(26)24-16-9-10-18(27-2)19(12-16)28-3/h4-12H,13H2,1-3H3,(H,24,26)(H,22,23,25). The fourth-order valence-corrected chi connectivity index (χ4v) is 2.65. The molecule has 28 heavy (non-hydrogen) atoms. The van der Waals surface area contributed by atoms with Crippen LogP contribution >= 0.6 is 0 Å². The van der Waals surface area contributed by atoms with Gasteiger partial charge in [-0.15, -0.1) is 0 Å². The molecule has 1 aromatic heterocycles. The number of aromatic nitrogens is 2. The van der Waals surface area contributed by atoms with Gasteiger partial charge in [0.2, 0.25) is 5.95 Å². The summed E-state index contributed by atoms with van der Waals surface area (Å²) in [5, 5.41) is 5.98. The van der Waals surface area contributed by atoms with Crippen molar-refractivity contribution in [3.8, 4) is 11.5 Å². The Labute approximate surface area is 163 Å². The van der Waals surface area contributed by atoms with Crippen LogP contribution in [0.25, 0.3) is 0 Å². The number of nitrogens with one attached hydrogen (secondary N) is 2. The summed E-state index contributed by atoms with van der Waals surface area (Å²) < 4.78 is 10.5. The van der Waals surface area contributed by atoms with Crippen molar-refractivity contribution in [2.45, 2.75) is 13.5 Å². The van der Waals surface area contributed by atoms with Crippen LogP contribution < -0.4 is 20.1 Å². The van der Waals surface area contributed by atoms with Crippen LogP contribution in [0.1, 0.15) is 21.7 Å². The number of benzene rings is 2. The Bertz CT molecular complexity index is 961. The third-order valence-electron chi connectivity index (χ3n) is 4.02. The van der Waals surface area contributed by atoms with Gasteiger partial charge in [0.15, 0.2) is 11.5 Å². The highest BCUT2D eigenvalue weighted by molar-refractivity contribution is 6.03. The van der Waals surface area contributed by atoms with E-state index in [9.17, 15) is 4.79 Å². The predicted molar refractivity (Wildman–Crippen MR) is 108 cm³/mol. The highest BCUT2D eigenvalue weighted by Gasteiger charge is 2.13. The molecule has 7 heteroatoms. The zero-order chi connectivity index (χ0) is 19.9. The van der Waals surface area contributed by atoms with Crippen LogP contribution in [0.2, 0.25) is 0 Å². The maximum absolute atomic E-state index is 12.6. The van der Waals surface area contributed by atoms with Crippen molar-refractivity contribution < 1.29 is 14.3 Å². The molecule has 0 spiro atoms. The summed E-state index contributed by atoms with van der Waals surface area (Å²) in [5.41, 5.74) is 2.66. The number of amides is 1. The first-order valence-corrected chi connectivity index (χ1v) is 8.76. The van der Waals surface area contributed by atoms with Crippen molar-refractivity contribution in [2.24, 2.45) is 0 Å². The molecular weight excluding hydrogens is 356 g/mol. The fourth-order valence-electron chi connectivity index (χ4n) is 2.65. The Morgan fingerprint density at radius 3 is 2.43 bits per heavy atom. The average molecular weight is 378 g/mol. The summed E-state index contributed by atoms with van der Waals surface area (Å²) in [5.74, 6) is 1.19. The Morgan fingerprint density at radius 2 is 1.71 bits per heavy atom. The van der Waals surface area contributed by atoms with Gasteiger partial charge < -0.3 is 20.1 Å². The zero-order valence-electron chi connectivity index (χ0n) is 16.0. The summed E-state index contributed by atoms with van der Waals surface area (Å²) >= 11 is 0. The van der Waals surface area contributed by atoms with Crippen LogP contribution in [0.3, 0.4) is 0 Å². The third-order valence-corrected chi connectivity index (χ3v) is 4.02. The van der Waals surface area contributed by atoms with E-state index in [4.69, 9.17) is 9.47 Å². The minimum atomic E-state index is -0.333. The molecule has 0 aliphatic carbocycles. The largest absolute Gasteiger partial charge is 0.493 e. The Hall–Kier alpha value is -3.61. The number of anilines is 2. The van der Waals surface area contributed by atoms with E-state index >= 15 is 0 Å². The summed E-state index contributed by atoms with van der Waals surface area (Å²) in [6, 6.07) is 16.7. The van der Waals surface area contributed by atoms with Crippen molar-refractivity contribution in [1.29, 1.82) is 0 Å². The Kier molecular flexibility index (Phi) is 6.06. The number of hydrogen-bond donors (Lipinski definition) is 2. The summed E-state index contributed by atoms with van der Waals surface area (Å²) in [6.45, 7) is 2.39. The fraction of sp³-hybridized carbons (Fsp3) is 0.190. The molecule has 1 amide bonds. The average Bonchev–Trinajstić information content (AvgIpc) is 2.72. The second-order valence-corrected chi connectivity index (χ2v) is 6.08. The molecule has 0 fully saturated rings. The second kappa shape index (κ2) is 8.85. The monoisotopic (exact) mass is 378 g/mol. The van der Waals surface area contributed by atoms with E-state index in [0.717, 1.165) is 5.56 Å². The molecule has 0 unspecified atom stereocenters. The van der Waals surface area contributed by atoms with E-state index in [-0.39, 0.29) is 11.6 Å². The maximum atomic E-state index is 12.6. The van der Waals surface area contributed by atoms with Gasteiger partial charge in [-0.05, 0) is 30.7 Å². The summed E-state index contributed by atoms with van der Waals surface area (Å²) in [7, 11) is 3.10. The molecule has 0 aliphatic rings. The highest BCUT2D eigenvalue weighted by Crippen LogP contribution is 2.29.